The Hall–Kier alpha value is -1.72. The molecule has 182 valence electrons. The van der Waals surface area contributed by atoms with Gasteiger partial charge in [-0.25, -0.2) is 0 Å². The molecule has 0 bridgehead atoms. The Morgan fingerprint density at radius 3 is 2.52 bits per heavy atom. The van der Waals surface area contributed by atoms with Gasteiger partial charge in [0.25, 0.3) is 0 Å². The zero-order chi connectivity index (χ0) is 23.9. The lowest BCUT2D eigenvalue weighted by atomic mass is 9.60. The number of methoxy groups -OCH3 is 1. The summed E-state index contributed by atoms with van der Waals surface area (Å²) in [4.78, 5) is 0. The minimum Gasteiger partial charge on any atom is -0.508 e. The van der Waals surface area contributed by atoms with Crippen LogP contribution in [-0.4, -0.2) is 35.3 Å². The van der Waals surface area contributed by atoms with Gasteiger partial charge >= 0.3 is 0 Å². The number of ether oxygens (including phenoxy) is 4. The van der Waals surface area contributed by atoms with Gasteiger partial charge in [-0.05, 0) is 82.7 Å². The lowest BCUT2D eigenvalue weighted by Gasteiger charge is -2.55. The van der Waals surface area contributed by atoms with Crippen molar-refractivity contribution in [3.05, 3.63) is 35.1 Å². The van der Waals surface area contributed by atoms with Crippen molar-refractivity contribution in [1.82, 2.24) is 0 Å². The minimum absolute atomic E-state index is 0.00390. The quantitative estimate of drug-likeness (QED) is 0.587. The molecule has 0 radical (unpaired) electrons. The monoisotopic (exact) mass is 456 g/mol. The van der Waals surface area contributed by atoms with Crippen LogP contribution in [0.25, 0.3) is 0 Å². The Labute approximate surface area is 198 Å². The van der Waals surface area contributed by atoms with Crippen molar-refractivity contribution < 1.29 is 24.1 Å². The zero-order valence-corrected chi connectivity index (χ0v) is 21.3. The van der Waals surface area contributed by atoms with Crippen molar-refractivity contribution in [2.24, 2.45) is 10.8 Å². The average molecular weight is 457 g/mol. The number of phenolic OH excluding ortho intramolecular Hbond substituents is 1. The highest BCUT2D eigenvalue weighted by Crippen LogP contribution is 2.67. The van der Waals surface area contributed by atoms with Gasteiger partial charge in [-0.1, -0.05) is 20.3 Å². The van der Waals surface area contributed by atoms with E-state index in [0.29, 0.717) is 12.2 Å². The van der Waals surface area contributed by atoms with Crippen LogP contribution in [0.2, 0.25) is 0 Å². The van der Waals surface area contributed by atoms with Crippen LogP contribution in [0.15, 0.2) is 24.0 Å². The molecule has 1 aromatic carbocycles. The lowest BCUT2D eigenvalue weighted by molar-refractivity contribution is -0.311. The smallest absolute Gasteiger partial charge is 0.219 e. The second-order valence-electron chi connectivity index (χ2n) is 12.2. The molecule has 1 aromatic rings. The third kappa shape index (κ3) is 3.33. The Kier molecular flexibility index (Phi) is 4.99. The largest absolute Gasteiger partial charge is 0.508 e. The molecule has 4 aliphatic rings. The SMILES string of the molecule is COC1C[C@@]2(OC(C[C@]3(C)CCc4cc(O)cc(C)c4O3)=C[C@@]3(C)CCC[C@@]23C)OC1(C)C. The van der Waals surface area contributed by atoms with E-state index in [0.717, 1.165) is 54.7 Å². The van der Waals surface area contributed by atoms with Gasteiger partial charge in [-0.2, -0.15) is 0 Å². The summed E-state index contributed by atoms with van der Waals surface area (Å²) in [5.41, 5.74) is 1.17. The molecule has 5 heteroatoms. The van der Waals surface area contributed by atoms with E-state index in [1.165, 1.54) is 6.42 Å². The van der Waals surface area contributed by atoms with Crippen molar-refractivity contribution in [2.45, 2.75) is 110 Å². The van der Waals surface area contributed by atoms with E-state index >= 15 is 0 Å². The van der Waals surface area contributed by atoms with E-state index in [2.05, 4.69) is 40.7 Å². The van der Waals surface area contributed by atoms with E-state index < -0.39 is 11.4 Å². The van der Waals surface area contributed by atoms with Gasteiger partial charge in [0.05, 0.1) is 11.7 Å². The number of hydrogen-bond acceptors (Lipinski definition) is 5. The lowest BCUT2D eigenvalue weighted by Crippen LogP contribution is -2.57. The molecule has 2 fully saturated rings. The van der Waals surface area contributed by atoms with E-state index in [9.17, 15) is 5.11 Å². The maximum atomic E-state index is 9.99. The second kappa shape index (κ2) is 7.14. The van der Waals surface area contributed by atoms with E-state index in [4.69, 9.17) is 18.9 Å². The van der Waals surface area contributed by atoms with Crippen molar-refractivity contribution in [3.8, 4) is 11.5 Å². The van der Waals surface area contributed by atoms with Gasteiger partial charge in [0.2, 0.25) is 5.79 Å². The molecule has 1 saturated heterocycles. The number of aryl methyl sites for hydroxylation is 2. The summed E-state index contributed by atoms with van der Waals surface area (Å²) in [5.74, 6) is 1.49. The van der Waals surface area contributed by atoms with E-state index in [1.54, 1.807) is 13.2 Å². The fourth-order valence-electron chi connectivity index (χ4n) is 7.16. The van der Waals surface area contributed by atoms with Crippen LogP contribution in [0.5, 0.6) is 11.5 Å². The normalized spacial score (nSPS) is 41.2. The van der Waals surface area contributed by atoms with Crippen LogP contribution in [0.1, 0.15) is 84.3 Å². The van der Waals surface area contributed by atoms with Gasteiger partial charge in [0.15, 0.2) is 0 Å². The van der Waals surface area contributed by atoms with Crippen LogP contribution in [0.4, 0.5) is 0 Å². The van der Waals surface area contributed by atoms with E-state index in [1.807, 2.05) is 13.0 Å². The first-order chi connectivity index (χ1) is 15.3. The number of hydrogen-bond donors (Lipinski definition) is 1. The van der Waals surface area contributed by atoms with Crippen LogP contribution >= 0.6 is 0 Å². The fraction of sp³-hybridized carbons (Fsp3) is 0.714. The molecule has 1 unspecified atom stereocenters. The minimum atomic E-state index is -0.697. The topological polar surface area (TPSA) is 57.2 Å². The average Bonchev–Trinajstić information content (AvgIpc) is 3.16. The number of fused-ring (bicyclic) bond motifs is 3. The Morgan fingerprint density at radius 1 is 1.06 bits per heavy atom. The van der Waals surface area contributed by atoms with Crippen LogP contribution in [0, 0.1) is 17.8 Å². The molecule has 5 rings (SSSR count). The van der Waals surface area contributed by atoms with Crippen molar-refractivity contribution in [2.75, 3.05) is 7.11 Å². The number of benzene rings is 1. The van der Waals surface area contributed by atoms with Crippen molar-refractivity contribution in [3.63, 3.8) is 0 Å². The molecule has 0 aromatic heterocycles. The molecular weight excluding hydrogens is 416 g/mol. The fourth-order valence-corrected chi connectivity index (χ4v) is 7.16. The first-order valence-electron chi connectivity index (χ1n) is 12.5. The van der Waals surface area contributed by atoms with Gasteiger partial charge in [-0.3, -0.25) is 0 Å². The molecule has 0 amide bonds. The summed E-state index contributed by atoms with van der Waals surface area (Å²) < 4.78 is 26.3. The third-order valence-electron chi connectivity index (χ3n) is 9.35. The van der Waals surface area contributed by atoms with Gasteiger partial charge in [0.1, 0.15) is 22.9 Å². The Balaban J connectivity index is 1.48. The molecule has 5 atom stereocenters. The molecule has 33 heavy (non-hydrogen) atoms. The Bertz CT molecular complexity index is 998. The number of aromatic hydroxyl groups is 1. The van der Waals surface area contributed by atoms with E-state index in [-0.39, 0.29) is 22.5 Å². The van der Waals surface area contributed by atoms with Crippen LogP contribution in [0.3, 0.4) is 0 Å². The van der Waals surface area contributed by atoms with Crippen LogP contribution in [-0.2, 0) is 20.6 Å². The first-order valence-corrected chi connectivity index (χ1v) is 12.5. The molecule has 5 nitrogen and oxygen atoms in total. The van der Waals surface area contributed by atoms with Gasteiger partial charge < -0.3 is 24.1 Å². The molecule has 1 N–H and O–H groups in total. The molecule has 1 saturated carbocycles. The molecule has 1 aliphatic carbocycles. The summed E-state index contributed by atoms with van der Waals surface area (Å²) in [5, 5.41) is 9.99. The molecule has 3 aliphatic heterocycles. The highest BCUT2D eigenvalue weighted by atomic mass is 16.7. The standard InChI is InChI=1S/C28H40O5/c1-18-13-20(29)14-19-9-12-26(5,32-23(18)19)16-21-15-25(4)10-8-11-27(25,6)28(31-21)17-22(30-7)24(2,3)33-28/h13-15,22,29H,8-12,16-17H2,1-7H3/t22?,25-,26+,27-,28-/m1/s1. The van der Waals surface area contributed by atoms with Crippen LogP contribution < -0.4 is 4.74 Å². The summed E-state index contributed by atoms with van der Waals surface area (Å²) in [6, 6.07) is 3.61. The second-order valence-corrected chi connectivity index (χ2v) is 12.2. The summed E-state index contributed by atoms with van der Waals surface area (Å²) in [6.45, 7) is 13.2. The van der Waals surface area contributed by atoms with Gasteiger partial charge in [-0.15, -0.1) is 0 Å². The number of phenols is 1. The maximum Gasteiger partial charge on any atom is 0.219 e. The highest BCUT2D eigenvalue weighted by molar-refractivity contribution is 5.48. The zero-order valence-electron chi connectivity index (χ0n) is 21.3. The predicted octanol–water partition coefficient (Wildman–Crippen LogP) is 6.20. The highest BCUT2D eigenvalue weighted by Gasteiger charge is 2.70. The Morgan fingerprint density at radius 2 is 1.82 bits per heavy atom. The predicted molar refractivity (Wildman–Crippen MR) is 127 cm³/mol. The molecule has 1 spiro atoms. The molecular formula is C28H40O5. The third-order valence-corrected chi connectivity index (χ3v) is 9.35. The van der Waals surface area contributed by atoms with Gasteiger partial charge in [0, 0.05) is 30.8 Å². The summed E-state index contributed by atoms with van der Waals surface area (Å²) in [7, 11) is 1.78. The number of rotatable bonds is 3. The summed E-state index contributed by atoms with van der Waals surface area (Å²) in [6.07, 6.45) is 8.95. The maximum absolute atomic E-state index is 9.99. The first kappa shape index (κ1) is 23.0. The van der Waals surface area contributed by atoms with Crippen molar-refractivity contribution in [1.29, 1.82) is 0 Å². The molecule has 3 heterocycles. The summed E-state index contributed by atoms with van der Waals surface area (Å²) >= 11 is 0. The number of allylic oxidation sites excluding steroid dienone is 1. The van der Waals surface area contributed by atoms with Crippen molar-refractivity contribution >= 4 is 0 Å².